The van der Waals surface area contributed by atoms with Crippen molar-refractivity contribution < 1.29 is 36.0 Å². The third-order valence-corrected chi connectivity index (χ3v) is 13.6. The van der Waals surface area contributed by atoms with Crippen molar-refractivity contribution in [1.29, 1.82) is 0 Å². The highest BCUT2D eigenvalue weighted by Gasteiger charge is 2.54. The number of amides is 1. The van der Waals surface area contributed by atoms with E-state index in [1.807, 2.05) is 22.7 Å². The van der Waals surface area contributed by atoms with Gasteiger partial charge in [0.2, 0.25) is 0 Å². The number of pyridine rings is 1. The molecule has 6 aromatic heterocycles. The van der Waals surface area contributed by atoms with Gasteiger partial charge in [-0.1, -0.05) is 5.16 Å². The van der Waals surface area contributed by atoms with E-state index in [-0.39, 0.29) is 52.9 Å². The predicted octanol–water partition coefficient (Wildman–Crippen LogP) is 7.44. The van der Waals surface area contributed by atoms with Crippen molar-refractivity contribution in [2.24, 2.45) is 7.05 Å². The van der Waals surface area contributed by atoms with Gasteiger partial charge in [0, 0.05) is 62.0 Å². The molecule has 0 spiro atoms. The number of benzene rings is 2. The summed E-state index contributed by atoms with van der Waals surface area (Å²) in [7, 11) is 1.65. The molecular weight excluding hydrogens is 868 g/mol. The number of fused-ring (bicyclic) bond motifs is 3. The van der Waals surface area contributed by atoms with Crippen LogP contribution in [0.4, 0.5) is 22.0 Å². The zero-order valence-electron chi connectivity index (χ0n) is 36.0. The first-order chi connectivity index (χ1) is 31.4. The Kier molecular flexibility index (Phi) is 9.11. The lowest BCUT2D eigenvalue weighted by molar-refractivity contribution is -0.140. The first kappa shape index (κ1) is 41.6. The number of aromatic nitrogens is 9. The Morgan fingerprint density at radius 1 is 0.985 bits per heavy atom. The van der Waals surface area contributed by atoms with E-state index in [1.54, 1.807) is 24.9 Å². The minimum absolute atomic E-state index is 0.0218. The molecule has 1 saturated heterocycles. The fraction of sp³-hybridized carbons (Fsp3) is 0.348. The lowest BCUT2D eigenvalue weighted by atomic mass is 9.84. The summed E-state index contributed by atoms with van der Waals surface area (Å²) in [6.07, 6.45) is 3.73. The number of alkyl halides is 3. The van der Waals surface area contributed by atoms with Crippen LogP contribution >= 0.6 is 0 Å². The highest BCUT2D eigenvalue weighted by Crippen LogP contribution is 2.54. The average Bonchev–Trinajstić information content (AvgIpc) is 3.73. The summed E-state index contributed by atoms with van der Waals surface area (Å²) >= 11 is 0. The van der Waals surface area contributed by atoms with Crippen molar-refractivity contribution in [3.63, 3.8) is 0 Å². The maximum absolute atomic E-state index is 16.1. The summed E-state index contributed by atoms with van der Waals surface area (Å²) < 4.78 is 91.0. The van der Waals surface area contributed by atoms with Crippen molar-refractivity contribution in [1.82, 2.24) is 48.1 Å². The van der Waals surface area contributed by atoms with Crippen molar-refractivity contribution in [2.45, 2.75) is 82.0 Å². The summed E-state index contributed by atoms with van der Waals surface area (Å²) in [6, 6.07) is 10.5. The average molecular weight is 909 g/mol. The Labute approximate surface area is 370 Å². The fourth-order valence-corrected chi connectivity index (χ4v) is 10.2. The quantitative estimate of drug-likeness (QED) is 0.162. The van der Waals surface area contributed by atoms with Gasteiger partial charge in [-0.25, -0.2) is 23.1 Å². The predicted molar refractivity (Wildman–Crippen MR) is 227 cm³/mol. The van der Waals surface area contributed by atoms with Crippen LogP contribution in [-0.4, -0.2) is 72.8 Å². The lowest BCUT2D eigenvalue weighted by Gasteiger charge is -2.35. The van der Waals surface area contributed by atoms with Gasteiger partial charge in [0.05, 0.1) is 62.4 Å². The molecule has 2 aromatic carbocycles. The molecular formula is C46H41F5N10O5. The van der Waals surface area contributed by atoms with E-state index in [9.17, 15) is 27.2 Å². The third-order valence-electron chi connectivity index (χ3n) is 13.6. The Balaban J connectivity index is 1.06. The van der Waals surface area contributed by atoms with E-state index in [2.05, 4.69) is 35.2 Å². The highest BCUT2D eigenvalue weighted by atomic mass is 19.4. The molecule has 8 heterocycles. The van der Waals surface area contributed by atoms with Gasteiger partial charge in [-0.3, -0.25) is 28.1 Å². The van der Waals surface area contributed by atoms with Crippen LogP contribution in [0.3, 0.4) is 0 Å². The number of carbonyl (C=O) groups is 1. The van der Waals surface area contributed by atoms with Crippen molar-refractivity contribution in [3.05, 3.63) is 145 Å². The Morgan fingerprint density at radius 2 is 1.77 bits per heavy atom. The number of H-pyrrole nitrogens is 1. The minimum atomic E-state index is -5.06. The zero-order valence-corrected chi connectivity index (χ0v) is 36.0. The van der Waals surface area contributed by atoms with Crippen LogP contribution in [0.2, 0.25) is 0 Å². The van der Waals surface area contributed by atoms with Gasteiger partial charge in [0.25, 0.3) is 5.91 Å². The monoisotopic (exact) mass is 908 g/mol. The SMILES string of the molecule is C[C@H]1c2c(nn(-c3ccc(F)c(C(F)(F)F)c3)c2-n2ccn(-c3ccc4c(cnn4C)c3F)c2=O)CCN1C(=O)c1cc2cc([C@H]3CCOC(C)(C)C3)ccn2c1C1(c2noc(=O)[nH]2)CC1. The normalized spacial score (nSPS) is 19.2. The van der Waals surface area contributed by atoms with Crippen molar-refractivity contribution in [3.8, 4) is 17.2 Å². The summed E-state index contributed by atoms with van der Waals surface area (Å²) in [5, 5.41) is 13.1. The molecule has 0 bridgehead atoms. The maximum Gasteiger partial charge on any atom is 0.438 e. The number of nitrogens with zero attached hydrogens (tertiary/aromatic N) is 9. The van der Waals surface area contributed by atoms with Crippen LogP contribution in [0.1, 0.15) is 103 Å². The third kappa shape index (κ3) is 6.39. The second-order valence-electron chi connectivity index (χ2n) is 18.1. The maximum atomic E-state index is 16.1. The van der Waals surface area contributed by atoms with Crippen LogP contribution < -0.4 is 11.4 Å². The van der Waals surface area contributed by atoms with Crippen molar-refractivity contribution >= 4 is 22.3 Å². The van der Waals surface area contributed by atoms with Gasteiger partial charge in [-0.05, 0) is 106 Å². The first-order valence-electron chi connectivity index (χ1n) is 21.5. The molecule has 2 aliphatic heterocycles. The van der Waals surface area contributed by atoms with E-state index >= 15 is 9.18 Å². The molecule has 66 heavy (non-hydrogen) atoms. The number of halogens is 5. The van der Waals surface area contributed by atoms with Gasteiger partial charge in [-0.15, -0.1) is 0 Å². The minimum Gasteiger partial charge on any atom is -0.376 e. The lowest BCUT2D eigenvalue weighted by Crippen LogP contribution is -2.40. The van der Waals surface area contributed by atoms with E-state index in [4.69, 9.17) is 14.4 Å². The number of aryl methyl sites for hydroxylation is 1. The number of nitrogens with one attached hydrogen (secondary N) is 1. The standard InChI is InChI=1S/C46H41F5N10O5/c1-24-36-33(54-61(27-5-6-32(47)31(21-27)46(49,50)51)39(36)60-17-16-59(43(60)64)35-8-7-34-30(37(35)48)23-52-56(34)4)10-15-57(24)40(62)29-20-28-19-25(26-11-18-65-44(2,3)22-26)9-14-58(28)38(29)45(12-13-45)41-53-42(63)66-55-41/h5-9,14,16-17,19-21,23-24,26H,10-13,15,18,22H2,1-4H3,(H,53,55,63)/t24-,26-/m0/s1. The number of rotatable bonds is 7. The molecule has 1 amide bonds. The molecule has 2 atom stereocenters. The molecule has 3 aliphatic rings. The highest BCUT2D eigenvalue weighted by molar-refractivity contribution is 5.98. The second kappa shape index (κ2) is 14.5. The van der Waals surface area contributed by atoms with E-state index in [1.165, 1.54) is 29.3 Å². The number of hydrogen-bond acceptors (Lipinski definition) is 8. The van der Waals surface area contributed by atoms with Crippen LogP contribution in [-0.2, 0) is 29.8 Å². The molecule has 2 fully saturated rings. The molecule has 8 aromatic rings. The number of ether oxygens (including phenoxy) is 1. The molecule has 11 rings (SSSR count). The van der Waals surface area contributed by atoms with Crippen LogP contribution in [0.25, 0.3) is 33.6 Å². The smallest absolute Gasteiger partial charge is 0.376 e. The molecule has 0 radical (unpaired) electrons. The summed E-state index contributed by atoms with van der Waals surface area (Å²) in [5.74, 6) is -2.88. The van der Waals surface area contributed by atoms with Gasteiger partial charge < -0.3 is 14.0 Å². The Bertz CT molecular complexity index is 3420. The molecule has 1 saturated carbocycles. The van der Waals surface area contributed by atoms with Gasteiger partial charge in [0.1, 0.15) is 11.6 Å². The van der Waals surface area contributed by atoms with Crippen LogP contribution in [0, 0.1) is 11.6 Å². The van der Waals surface area contributed by atoms with Gasteiger partial charge in [-0.2, -0.15) is 23.4 Å². The molecule has 1 N–H and O–H groups in total. The van der Waals surface area contributed by atoms with Crippen LogP contribution in [0.15, 0.2) is 87.4 Å². The largest absolute Gasteiger partial charge is 0.438 e. The van der Waals surface area contributed by atoms with E-state index < -0.39 is 52.2 Å². The number of aromatic amines is 1. The molecule has 15 nitrogen and oxygen atoms in total. The number of carbonyl (C=O) groups excluding carboxylic acids is 1. The first-order valence-corrected chi connectivity index (χ1v) is 21.5. The summed E-state index contributed by atoms with van der Waals surface area (Å²) in [6.45, 7) is 6.59. The fourth-order valence-electron chi connectivity index (χ4n) is 10.2. The molecule has 1 aliphatic carbocycles. The van der Waals surface area contributed by atoms with Crippen molar-refractivity contribution in [2.75, 3.05) is 13.2 Å². The summed E-state index contributed by atoms with van der Waals surface area (Å²) in [4.78, 5) is 46.6. The Hall–Kier alpha value is -7.09. The topological polar surface area (TPSA) is 155 Å². The van der Waals surface area contributed by atoms with Gasteiger partial charge >= 0.3 is 17.6 Å². The van der Waals surface area contributed by atoms with Gasteiger partial charge in [0.15, 0.2) is 11.6 Å². The Morgan fingerprint density at radius 3 is 2.50 bits per heavy atom. The molecule has 0 unspecified atom stereocenters. The molecule has 20 heteroatoms. The van der Waals surface area contributed by atoms with E-state index in [0.717, 1.165) is 43.8 Å². The number of imidazole rings is 1. The van der Waals surface area contributed by atoms with E-state index in [0.29, 0.717) is 59.6 Å². The zero-order chi connectivity index (χ0) is 46.2. The molecule has 340 valence electrons. The summed E-state index contributed by atoms with van der Waals surface area (Å²) in [5.41, 5.74) is 0.144. The van der Waals surface area contributed by atoms with Crippen LogP contribution in [0.5, 0.6) is 0 Å². The second-order valence-corrected chi connectivity index (χ2v) is 18.1. The number of hydrogen-bond donors (Lipinski definition) is 1.